The van der Waals surface area contributed by atoms with E-state index in [1.807, 2.05) is 0 Å². The standard InChI is InChI=1S/C10H16O2/c1-2-3-5-9(11)8-10-6-4-7-12-10/h1,9-11H,3-8H2. The van der Waals surface area contributed by atoms with Crippen LogP contribution in [-0.4, -0.2) is 23.9 Å². The van der Waals surface area contributed by atoms with Gasteiger partial charge < -0.3 is 9.84 Å². The molecule has 1 aliphatic rings. The van der Waals surface area contributed by atoms with Gasteiger partial charge in [-0.2, -0.15) is 0 Å². The highest BCUT2D eigenvalue weighted by molar-refractivity contribution is 4.84. The molecule has 0 bridgehead atoms. The third-order valence-electron chi connectivity index (χ3n) is 2.18. The van der Waals surface area contributed by atoms with E-state index >= 15 is 0 Å². The smallest absolute Gasteiger partial charge is 0.0600 e. The molecule has 0 spiro atoms. The number of rotatable bonds is 4. The molecule has 2 atom stereocenters. The van der Waals surface area contributed by atoms with Crippen molar-refractivity contribution in [1.82, 2.24) is 0 Å². The van der Waals surface area contributed by atoms with Crippen LogP contribution >= 0.6 is 0 Å². The fourth-order valence-corrected chi connectivity index (χ4v) is 1.50. The fourth-order valence-electron chi connectivity index (χ4n) is 1.50. The molecule has 0 aromatic heterocycles. The second-order valence-electron chi connectivity index (χ2n) is 3.27. The lowest BCUT2D eigenvalue weighted by Crippen LogP contribution is -2.16. The minimum Gasteiger partial charge on any atom is -0.393 e. The molecule has 0 saturated carbocycles. The van der Waals surface area contributed by atoms with Crippen LogP contribution in [0.2, 0.25) is 0 Å². The van der Waals surface area contributed by atoms with E-state index in [1.54, 1.807) is 0 Å². The highest BCUT2D eigenvalue weighted by Gasteiger charge is 2.18. The highest BCUT2D eigenvalue weighted by atomic mass is 16.5. The van der Waals surface area contributed by atoms with E-state index in [0.29, 0.717) is 12.8 Å². The molecule has 2 nitrogen and oxygen atoms in total. The zero-order valence-electron chi connectivity index (χ0n) is 7.33. The number of terminal acetylenes is 1. The average Bonchev–Trinajstić information content (AvgIpc) is 2.53. The molecular formula is C10H16O2. The van der Waals surface area contributed by atoms with Crippen LogP contribution in [0.15, 0.2) is 0 Å². The van der Waals surface area contributed by atoms with Gasteiger partial charge in [-0.1, -0.05) is 0 Å². The van der Waals surface area contributed by atoms with Gasteiger partial charge in [-0.3, -0.25) is 0 Å². The Morgan fingerprint density at radius 2 is 2.50 bits per heavy atom. The maximum Gasteiger partial charge on any atom is 0.0600 e. The van der Waals surface area contributed by atoms with Gasteiger partial charge in [-0.05, 0) is 25.7 Å². The van der Waals surface area contributed by atoms with Crippen molar-refractivity contribution in [2.45, 2.75) is 44.3 Å². The van der Waals surface area contributed by atoms with Gasteiger partial charge in [0.1, 0.15) is 0 Å². The molecule has 2 unspecified atom stereocenters. The van der Waals surface area contributed by atoms with Crippen LogP contribution in [0.1, 0.15) is 32.1 Å². The van der Waals surface area contributed by atoms with E-state index in [0.717, 1.165) is 25.9 Å². The second kappa shape index (κ2) is 5.18. The zero-order chi connectivity index (χ0) is 8.81. The lowest BCUT2D eigenvalue weighted by Gasteiger charge is -2.13. The van der Waals surface area contributed by atoms with Crippen molar-refractivity contribution in [3.05, 3.63) is 0 Å². The minimum atomic E-state index is -0.274. The first-order valence-corrected chi connectivity index (χ1v) is 4.56. The molecule has 2 heteroatoms. The Balaban J connectivity index is 2.08. The van der Waals surface area contributed by atoms with Crippen molar-refractivity contribution in [3.63, 3.8) is 0 Å². The molecule has 12 heavy (non-hydrogen) atoms. The normalized spacial score (nSPS) is 25.2. The first-order chi connectivity index (χ1) is 5.83. The number of hydrogen-bond acceptors (Lipinski definition) is 2. The monoisotopic (exact) mass is 168 g/mol. The first-order valence-electron chi connectivity index (χ1n) is 4.56. The third-order valence-corrected chi connectivity index (χ3v) is 2.18. The van der Waals surface area contributed by atoms with Gasteiger partial charge in [0.2, 0.25) is 0 Å². The van der Waals surface area contributed by atoms with Crippen LogP contribution in [0.25, 0.3) is 0 Å². The molecule has 0 aliphatic carbocycles. The summed E-state index contributed by atoms with van der Waals surface area (Å²) in [5.41, 5.74) is 0. The number of aliphatic hydroxyl groups is 1. The van der Waals surface area contributed by atoms with Crippen molar-refractivity contribution in [1.29, 1.82) is 0 Å². The molecule has 1 N–H and O–H groups in total. The molecule has 1 heterocycles. The summed E-state index contributed by atoms with van der Waals surface area (Å²) in [4.78, 5) is 0. The Morgan fingerprint density at radius 1 is 1.67 bits per heavy atom. The van der Waals surface area contributed by atoms with Gasteiger partial charge in [-0.25, -0.2) is 0 Å². The predicted octanol–water partition coefficient (Wildman–Crippen LogP) is 1.33. The van der Waals surface area contributed by atoms with E-state index in [-0.39, 0.29) is 12.2 Å². The van der Waals surface area contributed by atoms with Gasteiger partial charge in [0, 0.05) is 13.0 Å². The second-order valence-corrected chi connectivity index (χ2v) is 3.27. The van der Waals surface area contributed by atoms with Gasteiger partial charge in [-0.15, -0.1) is 12.3 Å². The van der Waals surface area contributed by atoms with Crippen LogP contribution in [0.5, 0.6) is 0 Å². The predicted molar refractivity (Wildman–Crippen MR) is 47.7 cm³/mol. The molecule has 68 valence electrons. The maximum absolute atomic E-state index is 9.47. The summed E-state index contributed by atoms with van der Waals surface area (Å²) in [6.45, 7) is 0.854. The largest absolute Gasteiger partial charge is 0.393 e. The Hall–Kier alpha value is -0.520. The molecule has 1 rings (SSSR count). The van der Waals surface area contributed by atoms with Crippen LogP contribution in [0.3, 0.4) is 0 Å². The summed E-state index contributed by atoms with van der Waals surface area (Å²) < 4.78 is 5.39. The summed E-state index contributed by atoms with van der Waals surface area (Å²) in [7, 11) is 0. The third kappa shape index (κ3) is 3.25. The van der Waals surface area contributed by atoms with Crippen LogP contribution in [0, 0.1) is 12.3 Å². The number of hydrogen-bond donors (Lipinski definition) is 1. The average molecular weight is 168 g/mol. The molecule has 1 saturated heterocycles. The minimum absolute atomic E-state index is 0.274. The van der Waals surface area contributed by atoms with Gasteiger partial charge in [0.15, 0.2) is 0 Å². The van der Waals surface area contributed by atoms with E-state index < -0.39 is 0 Å². The van der Waals surface area contributed by atoms with E-state index in [2.05, 4.69) is 5.92 Å². The maximum atomic E-state index is 9.47. The Bertz CT molecular complexity index is 154. The Labute approximate surface area is 73.9 Å². The molecule has 1 aliphatic heterocycles. The van der Waals surface area contributed by atoms with Crippen molar-refractivity contribution < 1.29 is 9.84 Å². The summed E-state index contributed by atoms with van der Waals surface area (Å²) in [5, 5.41) is 9.47. The molecule has 0 aromatic rings. The van der Waals surface area contributed by atoms with Crippen LogP contribution < -0.4 is 0 Å². The molecular weight excluding hydrogens is 152 g/mol. The topological polar surface area (TPSA) is 29.5 Å². The van der Waals surface area contributed by atoms with Gasteiger partial charge >= 0.3 is 0 Å². The SMILES string of the molecule is C#CCCC(O)CC1CCCO1. The zero-order valence-corrected chi connectivity index (χ0v) is 7.33. The lowest BCUT2D eigenvalue weighted by atomic mass is 10.1. The van der Waals surface area contributed by atoms with Crippen LogP contribution in [0.4, 0.5) is 0 Å². The Morgan fingerprint density at radius 3 is 3.08 bits per heavy atom. The Kier molecular flexibility index (Phi) is 4.13. The summed E-state index contributed by atoms with van der Waals surface area (Å²) in [5.74, 6) is 2.52. The van der Waals surface area contributed by atoms with Crippen molar-refractivity contribution in [2.24, 2.45) is 0 Å². The van der Waals surface area contributed by atoms with E-state index in [1.165, 1.54) is 0 Å². The van der Waals surface area contributed by atoms with Gasteiger partial charge in [0.25, 0.3) is 0 Å². The summed E-state index contributed by atoms with van der Waals surface area (Å²) in [6.07, 6.45) is 9.43. The van der Waals surface area contributed by atoms with E-state index in [4.69, 9.17) is 11.2 Å². The molecule has 1 fully saturated rings. The van der Waals surface area contributed by atoms with Crippen molar-refractivity contribution in [2.75, 3.05) is 6.61 Å². The highest BCUT2D eigenvalue weighted by Crippen LogP contribution is 2.18. The quantitative estimate of drug-likeness (QED) is 0.642. The van der Waals surface area contributed by atoms with Crippen molar-refractivity contribution >= 4 is 0 Å². The molecule has 0 amide bonds. The van der Waals surface area contributed by atoms with Gasteiger partial charge in [0.05, 0.1) is 12.2 Å². The summed E-state index contributed by atoms with van der Waals surface area (Å²) >= 11 is 0. The molecule has 0 aromatic carbocycles. The molecule has 0 radical (unpaired) electrons. The summed E-state index contributed by atoms with van der Waals surface area (Å²) in [6, 6.07) is 0. The fraction of sp³-hybridized carbons (Fsp3) is 0.800. The van der Waals surface area contributed by atoms with E-state index in [9.17, 15) is 5.11 Å². The van der Waals surface area contributed by atoms with Crippen LogP contribution in [-0.2, 0) is 4.74 Å². The first kappa shape index (κ1) is 9.57. The van der Waals surface area contributed by atoms with Crippen molar-refractivity contribution in [3.8, 4) is 12.3 Å². The number of ether oxygens (including phenoxy) is 1. The lowest BCUT2D eigenvalue weighted by molar-refractivity contribution is 0.0512. The number of aliphatic hydroxyl groups excluding tert-OH is 1.